The molecule has 0 aliphatic carbocycles. The predicted octanol–water partition coefficient (Wildman–Crippen LogP) is 2.42. The van der Waals surface area contributed by atoms with Gasteiger partial charge in [-0.05, 0) is 30.5 Å². The summed E-state index contributed by atoms with van der Waals surface area (Å²) in [6, 6.07) is 10.9. The van der Waals surface area contributed by atoms with Crippen LogP contribution in [0.3, 0.4) is 0 Å². The molecule has 0 atom stereocenters. The maximum absolute atomic E-state index is 12.0. The van der Waals surface area contributed by atoms with Gasteiger partial charge in [-0.1, -0.05) is 30.3 Å². The van der Waals surface area contributed by atoms with E-state index in [-0.39, 0.29) is 17.2 Å². The lowest BCUT2D eigenvalue weighted by Gasteiger charge is -2.06. The average molecular weight is 339 g/mol. The van der Waals surface area contributed by atoms with Crippen LogP contribution in [0.5, 0.6) is 0 Å². The molecule has 0 spiro atoms. The highest BCUT2D eigenvalue weighted by molar-refractivity contribution is 7.89. The minimum Gasteiger partial charge on any atom is -0.477 e. The maximum atomic E-state index is 12.0. The van der Waals surface area contributed by atoms with Gasteiger partial charge in [0.15, 0.2) is 0 Å². The van der Waals surface area contributed by atoms with Gasteiger partial charge in [0, 0.05) is 11.4 Å². The topological polar surface area (TPSA) is 83.5 Å². The van der Waals surface area contributed by atoms with Crippen LogP contribution in [0.25, 0.3) is 0 Å². The summed E-state index contributed by atoms with van der Waals surface area (Å²) < 4.78 is 26.5. The summed E-state index contributed by atoms with van der Waals surface area (Å²) in [6.45, 7) is 1.90. The molecule has 22 heavy (non-hydrogen) atoms. The van der Waals surface area contributed by atoms with Crippen molar-refractivity contribution in [1.82, 2.24) is 4.72 Å². The molecule has 0 aliphatic rings. The zero-order valence-electron chi connectivity index (χ0n) is 12.1. The van der Waals surface area contributed by atoms with E-state index in [1.165, 1.54) is 6.07 Å². The van der Waals surface area contributed by atoms with Crippen LogP contribution in [-0.4, -0.2) is 25.2 Å². The van der Waals surface area contributed by atoms with E-state index in [0.717, 1.165) is 21.8 Å². The molecule has 0 saturated carbocycles. The molecular weight excluding hydrogens is 322 g/mol. The molecule has 2 aromatic rings. The SMILES string of the molecule is Cc1sc(C(=O)O)cc1CNS(=O)(=O)CCc1ccccc1. The maximum Gasteiger partial charge on any atom is 0.345 e. The van der Waals surface area contributed by atoms with Gasteiger partial charge in [0.1, 0.15) is 4.88 Å². The Kier molecular flexibility index (Phi) is 5.33. The van der Waals surface area contributed by atoms with Crippen LogP contribution in [0.2, 0.25) is 0 Å². The van der Waals surface area contributed by atoms with Gasteiger partial charge in [-0.3, -0.25) is 0 Å². The van der Waals surface area contributed by atoms with E-state index < -0.39 is 16.0 Å². The monoisotopic (exact) mass is 339 g/mol. The first-order valence-corrected chi connectivity index (χ1v) is 9.18. The molecular formula is C15H17NO4S2. The molecule has 1 aromatic heterocycles. The normalized spacial score (nSPS) is 11.5. The summed E-state index contributed by atoms with van der Waals surface area (Å²) >= 11 is 1.15. The molecule has 0 bridgehead atoms. The standard InChI is InChI=1S/C15H17NO4S2/c1-11-13(9-14(21-11)15(17)18)10-16-22(19,20)8-7-12-5-3-2-4-6-12/h2-6,9,16H,7-8,10H2,1H3,(H,17,18). The third kappa shape index (κ3) is 4.66. The van der Waals surface area contributed by atoms with Crippen molar-refractivity contribution in [2.24, 2.45) is 0 Å². The van der Waals surface area contributed by atoms with Crippen LogP contribution in [0, 0.1) is 6.92 Å². The summed E-state index contributed by atoms with van der Waals surface area (Å²) in [6.07, 6.45) is 0.444. The average Bonchev–Trinajstić information content (AvgIpc) is 2.86. The molecule has 2 N–H and O–H groups in total. The third-order valence-electron chi connectivity index (χ3n) is 3.22. The number of hydrogen-bond acceptors (Lipinski definition) is 4. The first kappa shape index (κ1) is 16.7. The number of thiophene rings is 1. The highest BCUT2D eigenvalue weighted by Gasteiger charge is 2.14. The molecule has 1 heterocycles. The highest BCUT2D eigenvalue weighted by atomic mass is 32.2. The van der Waals surface area contributed by atoms with Crippen LogP contribution in [0.4, 0.5) is 0 Å². The van der Waals surface area contributed by atoms with Gasteiger partial charge in [-0.15, -0.1) is 11.3 Å². The van der Waals surface area contributed by atoms with Crippen molar-refractivity contribution in [2.75, 3.05) is 5.75 Å². The van der Waals surface area contributed by atoms with Crippen LogP contribution in [0.1, 0.15) is 25.7 Å². The van der Waals surface area contributed by atoms with E-state index in [2.05, 4.69) is 4.72 Å². The van der Waals surface area contributed by atoms with Crippen molar-refractivity contribution in [1.29, 1.82) is 0 Å². The first-order valence-electron chi connectivity index (χ1n) is 6.71. The summed E-state index contributed by atoms with van der Waals surface area (Å²) in [5.41, 5.74) is 1.67. The molecule has 7 heteroatoms. The minimum atomic E-state index is -3.40. The second-order valence-corrected chi connectivity index (χ2v) is 8.06. The van der Waals surface area contributed by atoms with Gasteiger partial charge in [0.2, 0.25) is 10.0 Å². The van der Waals surface area contributed by atoms with Crippen LogP contribution < -0.4 is 4.72 Å². The van der Waals surface area contributed by atoms with Crippen molar-refractivity contribution in [2.45, 2.75) is 19.9 Å². The predicted molar refractivity (Wildman–Crippen MR) is 86.8 cm³/mol. The zero-order valence-corrected chi connectivity index (χ0v) is 13.7. The van der Waals surface area contributed by atoms with Crippen molar-refractivity contribution in [3.8, 4) is 0 Å². The second-order valence-electron chi connectivity index (χ2n) is 4.87. The van der Waals surface area contributed by atoms with Gasteiger partial charge in [0.05, 0.1) is 5.75 Å². The van der Waals surface area contributed by atoms with Crippen molar-refractivity contribution < 1.29 is 18.3 Å². The van der Waals surface area contributed by atoms with Crippen LogP contribution in [-0.2, 0) is 23.0 Å². The molecule has 0 saturated heterocycles. The molecule has 0 aliphatic heterocycles. The lowest BCUT2D eigenvalue weighted by Crippen LogP contribution is -2.26. The number of carboxylic acid groups (broad SMARTS) is 1. The fourth-order valence-electron chi connectivity index (χ4n) is 1.96. The second kappa shape index (κ2) is 7.04. The summed E-state index contributed by atoms with van der Waals surface area (Å²) in [5.74, 6) is -0.988. The minimum absolute atomic E-state index is 0.00594. The lowest BCUT2D eigenvalue weighted by molar-refractivity contribution is 0.0702. The van der Waals surface area contributed by atoms with Crippen molar-refractivity contribution in [3.63, 3.8) is 0 Å². The zero-order chi connectivity index (χ0) is 16.2. The Labute approximate surface area is 133 Å². The number of sulfonamides is 1. The smallest absolute Gasteiger partial charge is 0.345 e. The van der Waals surface area contributed by atoms with E-state index in [1.807, 2.05) is 30.3 Å². The Morgan fingerprint density at radius 2 is 1.95 bits per heavy atom. The summed E-state index contributed by atoms with van der Waals surface area (Å²) in [5, 5.41) is 8.93. The van der Waals surface area contributed by atoms with Gasteiger partial charge in [0.25, 0.3) is 0 Å². The number of aromatic carboxylic acids is 1. The van der Waals surface area contributed by atoms with Gasteiger partial charge in [-0.2, -0.15) is 0 Å². The summed E-state index contributed by atoms with van der Waals surface area (Å²) in [4.78, 5) is 11.9. The number of hydrogen-bond donors (Lipinski definition) is 2. The van der Waals surface area contributed by atoms with E-state index in [4.69, 9.17) is 5.11 Å². The number of carbonyl (C=O) groups is 1. The van der Waals surface area contributed by atoms with Gasteiger partial charge in [-0.25, -0.2) is 17.9 Å². The Bertz CT molecular complexity index is 751. The molecule has 0 unspecified atom stereocenters. The lowest BCUT2D eigenvalue weighted by atomic mass is 10.2. The van der Waals surface area contributed by atoms with Crippen LogP contribution in [0.15, 0.2) is 36.4 Å². The molecule has 5 nitrogen and oxygen atoms in total. The molecule has 0 fully saturated rings. The fourth-order valence-corrected chi connectivity index (χ4v) is 3.86. The molecule has 1 aromatic carbocycles. The van der Waals surface area contributed by atoms with E-state index in [0.29, 0.717) is 12.0 Å². The quantitative estimate of drug-likeness (QED) is 0.811. The Morgan fingerprint density at radius 3 is 2.55 bits per heavy atom. The van der Waals surface area contributed by atoms with E-state index in [9.17, 15) is 13.2 Å². The molecule has 2 rings (SSSR count). The van der Waals surface area contributed by atoms with Gasteiger partial charge < -0.3 is 5.11 Å². The Hall–Kier alpha value is -1.70. The number of rotatable bonds is 7. The third-order valence-corrected chi connectivity index (χ3v) is 5.62. The summed E-state index contributed by atoms with van der Waals surface area (Å²) in [7, 11) is -3.40. The van der Waals surface area contributed by atoms with Crippen LogP contribution >= 0.6 is 11.3 Å². The van der Waals surface area contributed by atoms with Gasteiger partial charge >= 0.3 is 5.97 Å². The fraction of sp³-hybridized carbons (Fsp3) is 0.267. The number of benzene rings is 1. The first-order chi connectivity index (χ1) is 10.4. The number of aryl methyl sites for hydroxylation is 2. The largest absolute Gasteiger partial charge is 0.477 e. The molecule has 118 valence electrons. The number of nitrogens with one attached hydrogen (secondary N) is 1. The number of carboxylic acids is 1. The van der Waals surface area contributed by atoms with Crippen molar-refractivity contribution >= 4 is 27.3 Å². The molecule has 0 radical (unpaired) electrons. The Balaban J connectivity index is 1.94. The van der Waals surface area contributed by atoms with Crippen molar-refractivity contribution in [3.05, 3.63) is 57.3 Å². The Morgan fingerprint density at radius 1 is 1.27 bits per heavy atom. The van der Waals surface area contributed by atoms with E-state index in [1.54, 1.807) is 6.92 Å². The highest BCUT2D eigenvalue weighted by Crippen LogP contribution is 2.21. The molecule has 0 amide bonds. The van der Waals surface area contributed by atoms with E-state index >= 15 is 0 Å².